The molecule has 1 nitrogen and oxygen atoms in total. The molecule has 1 N–H and O–H groups in total. The Hall–Kier alpha value is -0.820. The summed E-state index contributed by atoms with van der Waals surface area (Å²) in [5.41, 5.74) is 6.21. The van der Waals surface area contributed by atoms with Crippen molar-refractivity contribution in [2.45, 2.75) is 46.0 Å². The van der Waals surface area contributed by atoms with Gasteiger partial charge < -0.3 is 5.32 Å². The first kappa shape index (κ1) is 11.7. The SMILES string of the molecule is Cc1cc(C)c(C2(C)CCCNC2)c(C)c1. The van der Waals surface area contributed by atoms with E-state index in [1.54, 1.807) is 5.56 Å². The lowest BCUT2D eigenvalue weighted by Crippen LogP contribution is -2.42. The van der Waals surface area contributed by atoms with Crippen molar-refractivity contribution >= 4 is 0 Å². The summed E-state index contributed by atoms with van der Waals surface area (Å²) >= 11 is 0. The molecule has 1 heterocycles. The second-order valence-electron chi connectivity index (χ2n) is 5.61. The topological polar surface area (TPSA) is 12.0 Å². The third-order valence-corrected chi connectivity index (χ3v) is 3.88. The van der Waals surface area contributed by atoms with E-state index >= 15 is 0 Å². The molecular weight excluding hydrogens is 194 g/mol. The molecule has 0 saturated carbocycles. The van der Waals surface area contributed by atoms with Crippen LogP contribution in [0.1, 0.15) is 42.0 Å². The Kier molecular flexibility index (Phi) is 3.07. The minimum absolute atomic E-state index is 0.333. The van der Waals surface area contributed by atoms with Gasteiger partial charge in [0, 0.05) is 12.0 Å². The van der Waals surface area contributed by atoms with Crippen LogP contribution in [0.2, 0.25) is 0 Å². The fourth-order valence-corrected chi connectivity index (χ4v) is 3.40. The zero-order valence-corrected chi connectivity index (χ0v) is 11.0. The highest BCUT2D eigenvalue weighted by atomic mass is 14.9. The van der Waals surface area contributed by atoms with Crippen LogP contribution in [0.15, 0.2) is 12.1 Å². The summed E-state index contributed by atoms with van der Waals surface area (Å²) in [5, 5.41) is 3.54. The number of hydrogen-bond acceptors (Lipinski definition) is 1. The molecule has 1 saturated heterocycles. The molecule has 0 spiro atoms. The van der Waals surface area contributed by atoms with E-state index in [0.717, 1.165) is 6.54 Å². The Morgan fingerprint density at radius 3 is 2.25 bits per heavy atom. The van der Waals surface area contributed by atoms with E-state index in [1.807, 2.05) is 0 Å². The zero-order valence-electron chi connectivity index (χ0n) is 11.0. The van der Waals surface area contributed by atoms with Gasteiger partial charge in [0.1, 0.15) is 0 Å². The molecule has 1 aromatic carbocycles. The molecule has 1 unspecified atom stereocenters. The van der Waals surface area contributed by atoms with Gasteiger partial charge >= 0.3 is 0 Å². The fraction of sp³-hybridized carbons (Fsp3) is 0.600. The summed E-state index contributed by atoms with van der Waals surface area (Å²) in [6, 6.07) is 4.64. The van der Waals surface area contributed by atoms with Gasteiger partial charge in [-0.25, -0.2) is 0 Å². The Balaban J connectivity index is 2.46. The number of aryl methyl sites for hydroxylation is 3. The Bertz CT molecular complexity index is 363. The second-order valence-corrected chi connectivity index (χ2v) is 5.61. The minimum atomic E-state index is 0.333. The van der Waals surface area contributed by atoms with Crippen molar-refractivity contribution in [3.8, 4) is 0 Å². The maximum absolute atomic E-state index is 3.54. The van der Waals surface area contributed by atoms with E-state index in [2.05, 4.69) is 45.1 Å². The van der Waals surface area contributed by atoms with Crippen molar-refractivity contribution < 1.29 is 0 Å². The standard InChI is InChI=1S/C15H23N/c1-11-8-12(2)14(13(3)9-11)15(4)6-5-7-16-10-15/h8-9,16H,5-7,10H2,1-4H3. The van der Waals surface area contributed by atoms with Crippen molar-refractivity contribution in [2.75, 3.05) is 13.1 Å². The summed E-state index contributed by atoms with van der Waals surface area (Å²) in [5.74, 6) is 0. The van der Waals surface area contributed by atoms with E-state index in [9.17, 15) is 0 Å². The molecule has 1 fully saturated rings. The number of hydrogen-bond donors (Lipinski definition) is 1. The Morgan fingerprint density at radius 2 is 1.75 bits per heavy atom. The van der Waals surface area contributed by atoms with Crippen molar-refractivity contribution in [1.82, 2.24) is 5.32 Å². The van der Waals surface area contributed by atoms with Gasteiger partial charge in [0.2, 0.25) is 0 Å². The predicted octanol–water partition coefficient (Wildman–Crippen LogP) is 3.25. The summed E-state index contributed by atoms with van der Waals surface area (Å²) < 4.78 is 0. The lowest BCUT2D eigenvalue weighted by molar-refractivity contribution is 0.337. The fourth-order valence-electron chi connectivity index (χ4n) is 3.40. The molecule has 1 aliphatic rings. The summed E-state index contributed by atoms with van der Waals surface area (Å²) in [4.78, 5) is 0. The molecule has 88 valence electrons. The first-order valence-corrected chi connectivity index (χ1v) is 6.32. The van der Waals surface area contributed by atoms with Crippen molar-refractivity contribution in [3.05, 3.63) is 34.4 Å². The third-order valence-electron chi connectivity index (χ3n) is 3.88. The lowest BCUT2D eigenvalue weighted by atomic mass is 9.73. The lowest BCUT2D eigenvalue weighted by Gasteiger charge is -2.37. The zero-order chi connectivity index (χ0) is 11.8. The molecule has 0 radical (unpaired) electrons. The number of benzene rings is 1. The van der Waals surface area contributed by atoms with Gasteiger partial charge in [-0.2, -0.15) is 0 Å². The first-order chi connectivity index (χ1) is 7.53. The second kappa shape index (κ2) is 4.21. The molecule has 1 aliphatic heterocycles. The molecule has 1 heteroatoms. The van der Waals surface area contributed by atoms with E-state index < -0.39 is 0 Å². The van der Waals surface area contributed by atoms with Gasteiger partial charge in [0.25, 0.3) is 0 Å². The smallest absolute Gasteiger partial charge is 0.00552 e. The van der Waals surface area contributed by atoms with Crippen molar-refractivity contribution in [2.24, 2.45) is 0 Å². The number of rotatable bonds is 1. The molecular formula is C15H23N. The van der Waals surface area contributed by atoms with Crippen molar-refractivity contribution in [3.63, 3.8) is 0 Å². The highest BCUT2D eigenvalue weighted by Crippen LogP contribution is 2.35. The van der Waals surface area contributed by atoms with E-state index in [-0.39, 0.29) is 0 Å². The Labute approximate surface area is 99.3 Å². The van der Waals surface area contributed by atoms with Gasteiger partial charge in [0.15, 0.2) is 0 Å². The van der Waals surface area contributed by atoms with Crippen LogP contribution in [0.5, 0.6) is 0 Å². The quantitative estimate of drug-likeness (QED) is 0.761. The maximum atomic E-state index is 3.54. The molecule has 1 atom stereocenters. The van der Waals surface area contributed by atoms with Gasteiger partial charge in [-0.15, -0.1) is 0 Å². The Morgan fingerprint density at radius 1 is 1.12 bits per heavy atom. The minimum Gasteiger partial charge on any atom is -0.316 e. The van der Waals surface area contributed by atoms with Crippen LogP contribution in [0.25, 0.3) is 0 Å². The molecule has 0 amide bonds. The monoisotopic (exact) mass is 217 g/mol. The predicted molar refractivity (Wildman–Crippen MR) is 70.1 cm³/mol. The van der Waals surface area contributed by atoms with E-state index in [1.165, 1.54) is 36.1 Å². The molecule has 1 aromatic rings. The number of nitrogens with one attached hydrogen (secondary N) is 1. The first-order valence-electron chi connectivity index (χ1n) is 6.32. The maximum Gasteiger partial charge on any atom is 0.00552 e. The normalized spacial score (nSPS) is 25.8. The van der Waals surface area contributed by atoms with E-state index in [0.29, 0.717) is 5.41 Å². The van der Waals surface area contributed by atoms with Crippen LogP contribution in [0.3, 0.4) is 0 Å². The van der Waals surface area contributed by atoms with Crippen LogP contribution in [0, 0.1) is 20.8 Å². The van der Waals surface area contributed by atoms with Crippen LogP contribution in [-0.4, -0.2) is 13.1 Å². The average Bonchev–Trinajstić information content (AvgIpc) is 2.16. The third kappa shape index (κ3) is 2.01. The van der Waals surface area contributed by atoms with E-state index in [4.69, 9.17) is 0 Å². The molecule has 0 aliphatic carbocycles. The summed E-state index contributed by atoms with van der Waals surface area (Å²) in [6.45, 7) is 11.4. The van der Waals surface area contributed by atoms with Gasteiger partial charge in [-0.3, -0.25) is 0 Å². The van der Waals surface area contributed by atoms with Gasteiger partial charge in [-0.1, -0.05) is 24.6 Å². The van der Waals surface area contributed by atoms with Gasteiger partial charge in [-0.05, 0) is 56.8 Å². The van der Waals surface area contributed by atoms with Crippen LogP contribution in [-0.2, 0) is 5.41 Å². The molecule has 16 heavy (non-hydrogen) atoms. The highest BCUT2D eigenvalue weighted by Gasteiger charge is 2.31. The van der Waals surface area contributed by atoms with Crippen LogP contribution < -0.4 is 5.32 Å². The highest BCUT2D eigenvalue weighted by molar-refractivity contribution is 5.43. The van der Waals surface area contributed by atoms with Gasteiger partial charge in [0.05, 0.1) is 0 Å². The summed E-state index contributed by atoms with van der Waals surface area (Å²) in [7, 11) is 0. The summed E-state index contributed by atoms with van der Waals surface area (Å²) in [6.07, 6.45) is 2.61. The van der Waals surface area contributed by atoms with Crippen molar-refractivity contribution in [1.29, 1.82) is 0 Å². The largest absolute Gasteiger partial charge is 0.316 e. The van der Waals surface area contributed by atoms with Crippen LogP contribution in [0.4, 0.5) is 0 Å². The molecule has 2 rings (SSSR count). The molecule has 0 bridgehead atoms. The van der Waals surface area contributed by atoms with Crippen LogP contribution >= 0.6 is 0 Å². The number of piperidine rings is 1. The average molecular weight is 217 g/mol. The molecule has 0 aromatic heterocycles.